The van der Waals surface area contributed by atoms with Gasteiger partial charge in [-0.15, -0.1) is 0 Å². The third kappa shape index (κ3) is 4.11. The lowest BCUT2D eigenvalue weighted by Crippen LogP contribution is -2.39. The Kier molecular flexibility index (Phi) is 5.27. The Hall–Kier alpha value is -1.70. The van der Waals surface area contributed by atoms with Crippen molar-refractivity contribution in [2.24, 2.45) is 5.92 Å². The first kappa shape index (κ1) is 18.1. The van der Waals surface area contributed by atoms with Crippen LogP contribution in [0.5, 0.6) is 0 Å². The number of amides is 1. The van der Waals surface area contributed by atoms with Crippen LogP contribution in [0, 0.1) is 5.92 Å². The largest absolute Gasteiger partial charge is 0.353 e. The van der Waals surface area contributed by atoms with E-state index in [9.17, 15) is 13.2 Å². The van der Waals surface area contributed by atoms with E-state index in [1.165, 1.54) is 6.33 Å². The maximum Gasteiger partial charge on any atom is 0.272 e. The van der Waals surface area contributed by atoms with Crippen molar-refractivity contribution >= 4 is 21.6 Å². The molecule has 1 unspecified atom stereocenters. The van der Waals surface area contributed by atoms with Gasteiger partial charge in [0, 0.05) is 31.7 Å². The van der Waals surface area contributed by atoms with E-state index < -0.39 is 9.84 Å². The third-order valence-electron chi connectivity index (χ3n) is 5.23. The van der Waals surface area contributed by atoms with Crippen molar-refractivity contribution in [1.29, 1.82) is 0 Å². The molecule has 3 heterocycles. The highest BCUT2D eigenvalue weighted by molar-refractivity contribution is 7.91. The SMILES string of the molecule is CCN(c1cc(C(=O)N2CCC(C)CC2)ncn1)C1CCS(=O)(=O)C1. The number of sulfone groups is 1. The fourth-order valence-corrected chi connectivity index (χ4v) is 5.35. The molecule has 7 nitrogen and oxygen atoms in total. The summed E-state index contributed by atoms with van der Waals surface area (Å²) in [5, 5.41) is 0. The maximum absolute atomic E-state index is 12.7. The lowest BCUT2D eigenvalue weighted by molar-refractivity contribution is 0.0691. The number of likely N-dealkylation sites (tertiary alicyclic amines) is 1. The number of nitrogens with zero attached hydrogens (tertiary/aromatic N) is 4. The second-order valence-corrected chi connectivity index (χ2v) is 9.31. The fourth-order valence-electron chi connectivity index (χ4n) is 3.62. The van der Waals surface area contributed by atoms with Gasteiger partial charge in [0.2, 0.25) is 0 Å². The highest BCUT2D eigenvalue weighted by Gasteiger charge is 2.33. The molecule has 2 aliphatic rings. The molecule has 1 aromatic rings. The first-order valence-electron chi connectivity index (χ1n) is 8.98. The summed E-state index contributed by atoms with van der Waals surface area (Å²) in [6.07, 6.45) is 4.05. The minimum atomic E-state index is -2.97. The van der Waals surface area contributed by atoms with Crippen molar-refractivity contribution in [2.75, 3.05) is 36.0 Å². The van der Waals surface area contributed by atoms with Crippen LogP contribution in [0.3, 0.4) is 0 Å². The van der Waals surface area contributed by atoms with Gasteiger partial charge in [0.1, 0.15) is 17.8 Å². The summed E-state index contributed by atoms with van der Waals surface area (Å²) in [6, 6.07) is 1.62. The smallest absolute Gasteiger partial charge is 0.272 e. The normalized spacial score (nSPS) is 23.6. The van der Waals surface area contributed by atoms with Gasteiger partial charge in [-0.2, -0.15) is 0 Å². The average molecular weight is 366 g/mol. The summed E-state index contributed by atoms with van der Waals surface area (Å²) in [5.41, 5.74) is 0.388. The molecule has 0 aliphatic carbocycles. The van der Waals surface area contributed by atoms with E-state index in [4.69, 9.17) is 0 Å². The number of aromatic nitrogens is 2. The van der Waals surface area contributed by atoms with E-state index in [2.05, 4.69) is 16.9 Å². The Morgan fingerprint density at radius 1 is 1.28 bits per heavy atom. The summed E-state index contributed by atoms with van der Waals surface area (Å²) < 4.78 is 23.6. The molecule has 2 saturated heterocycles. The van der Waals surface area contributed by atoms with Gasteiger partial charge in [-0.3, -0.25) is 4.79 Å². The van der Waals surface area contributed by atoms with Crippen molar-refractivity contribution < 1.29 is 13.2 Å². The van der Waals surface area contributed by atoms with Crippen LogP contribution in [-0.2, 0) is 9.84 Å². The number of carbonyl (C=O) groups excluding carboxylic acids is 1. The Balaban J connectivity index is 1.77. The maximum atomic E-state index is 12.7. The van der Waals surface area contributed by atoms with Gasteiger partial charge < -0.3 is 9.80 Å². The number of hydrogen-bond donors (Lipinski definition) is 0. The number of piperidine rings is 1. The standard InChI is InChI=1S/C17H26N4O3S/c1-3-21(14-6-9-25(23,24)11-14)16-10-15(18-12-19-16)17(22)20-7-4-13(2)5-8-20/h10,12-14H,3-9,11H2,1-2H3. The molecule has 2 fully saturated rings. The topological polar surface area (TPSA) is 83.5 Å². The molecule has 2 aliphatic heterocycles. The first-order valence-corrected chi connectivity index (χ1v) is 10.8. The lowest BCUT2D eigenvalue weighted by Gasteiger charge is -2.31. The first-order chi connectivity index (χ1) is 11.9. The van der Waals surface area contributed by atoms with Crippen molar-refractivity contribution in [3.05, 3.63) is 18.1 Å². The molecular weight excluding hydrogens is 340 g/mol. The van der Waals surface area contributed by atoms with Crippen LogP contribution in [0.25, 0.3) is 0 Å². The van der Waals surface area contributed by atoms with Crippen molar-refractivity contribution in [1.82, 2.24) is 14.9 Å². The summed E-state index contributed by atoms with van der Waals surface area (Å²) in [5.74, 6) is 1.60. The van der Waals surface area contributed by atoms with Gasteiger partial charge in [0.15, 0.2) is 9.84 Å². The molecule has 138 valence electrons. The highest BCUT2D eigenvalue weighted by Crippen LogP contribution is 2.24. The van der Waals surface area contributed by atoms with Crippen LogP contribution in [-0.4, -0.2) is 66.4 Å². The number of carbonyl (C=O) groups is 1. The zero-order chi connectivity index (χ0) is 18.0. The van der Waals surface area contributed by atoms with Crippen LogP contribution in [0.1, 0.15) is 43.6 Å². The zero-order valence-corrected chi connectivity index (χ0v) is 15.7. The lowest BCUT2D eigenvalue weighted by atomic mass is 9.99. The van der Waals surface area contributed by atoms with E-state index in [0.717, 1.165) is 25.9 Å². The van der Waals surface area contributed by atoms with Crippen LogP contribution in [0.15, 0.2) is 12.4 Å². The molecule has 0 N–H and O–H groups in total. The van der Waals surface area contributed by atoms with Crippen molar-refractivity contribution in [2.45, 2.75) is 39.2 Å². The summed E-state index contributed by atoms with van der Waals surface area (Å²) >= 11 is 0. The highest BCUT2D eigenvalue weighted by atomic mass is 32.2. The molecule has 0 radical (unpaired) electrons. The Morgan fingerprint density at radius 3 is 2.60 bits per heavy atom. The van der Waals surface area contributed by atoms with Crippen molar-refractivity contribution in [3.63, 3.8) is 0 Å². The molecule has 1 amide bonds. The fraction of sp³-hybridized carbons (Fsp3) is 0.706. The van der Waals surface area contributed by atoms with Gasteiger partial charge in [0.05, 0.1) is 11.5 Å². The van der Waals surface area contributed by atoms with Gasteiger partial charge in [0.25, 0.3) is 5.91 Å². The van der Waals surface area contributed by atoms with Gasteiger partial charge in [-0.1, -0.05) is 6.92 Å². The Morgan fingerprint density at radius 2 is 2.00 bits per heavy atom. The van der Waals surface area contributed by atoms with Crippen molar-refractivity contribution in [3.8, 4) is 0 Å². The molecule has 8 heteroatoms. The molecule has 3 rings (SSSR count). The zero-order valence-electron chi connectivity index (χ0n) is 14.9. The molecule has 0 aromatic carbocycles. The van der Waals surface area contributed by atoms with E-state index >= 15 is 0 Å². The molecule has 0 bridgehead atoms. The van der Waals surface area contributed by atoms with Gasteiger partial charge >= 0.3 is 0 Å². The van der Waals surface area contributed by atoms with E-state index in [-0.39, 0.29) is 23.5 Å². The summed E-state index contributed by atoms with van der Waals surface area (Å²) in [6.45, 7) is 6.35. The van der Waals surface area contributed by atoms with Crippen LogP contribution < -0.4 is 4.90 Å². The Labute approximate surface area is 149 Å². The average Bonchev–Trinajstić information content (AvgIpc) is 2.95. The number of anilines is 1. The minimum Gasteiger partial charge on any atom is -0.353 e. The second kappa shape index (κ2) is 7.27. The minimum absolute atomic E-state index is 0.0642. The third-order valence-corrected chi connectivity index (χ3v) is 6.98. The number of hydrogen-bond acceptors (Lipinski definition) is 6. The molecular formula is C17H26N4O3S. The van der Waals surface area contributed by atoms with E-state index in [0.29, 0.717) is 30.4 Å². The van der Waals surface area contributed by atoms with Crippen LogP contribution in [0.4, 0.5) is 5.82 Å². The van der Waals surface area contributed by atoms with Crippen LogP contribution in [0.2, 0.25) is 0 Å². The number of rotatable bonds is 4. The predicted octanol–water partition coefficient (Wildman–Crippen LogP) is 1.36. The molecule has 1 atom stereocenters. The van der Waals surface area contributed by atoms with Gasteiger partial charge in [-0.25, -0.2) is 18.4 Å². The molecule has 0 spiro atoms. The monoisotopic (exact) mass is 366 g/mol. The molecule has 1 aromatic heterocycles. The van der Waals surface area contributed by atoms with Crippen LogP contribution >= 0.6 is 0 Å². The molecule has 0 saturated carbocycles. The second-order valence-electron chi connectivity index (χ2n) is 7.08. The Bertz CT molecular complexity index is 729. The van der Waals surface area contributed by atoms with Gasteiger partial charge in [-0.05, 0) is 32.1 Å². The quantitative estimate of drug-likeness (QED) is 0.800. The van der Waals surface area contributed by atoms with E-state index in [1.807, 2.05) is 16.7 Å². The van der Waals surface area contributed by atoms with E-state index in [1.54, 1.807) is 6.07 Å². The molecule has 25 heavy (non-hydrogen) atoms. The summed E-state index contributed by atoms with van der Waals surface area (Å²) in [7, 11) is -2.97. The summed E-state index contributed by atoms with van der Waals surface area (Å²) in [4.78, 5) is 25.0. The predicted molar refractivity (Wildman–Crippen MR) is 96.4 cm³/mol.